The van der Waals surface area contributed by atoms with Crippen molar-refractivity contribution in [3.63, 3.8) is 0 Å². The van der Waals surface area contributed by atoms with Gasteiger partial charge in [-0.05, 0) is 37.0 Å². The Kier molecular flexibility index (Phi) is 7.63. The van der Waals surface area contributed by atoms with Crippen LogP contribution in [0, 0.1) is 0 Å². The van der Waals surface area contributed by atoms with Crippen LogP contribution in [0.1, 0.15) is 24.8 Å². The highest BCUT2D eigenvalue weighted by molar-refractivity contribution is 5.92. The third-order valence-electron chi connectivity index (χ3n) is 3.90. The van der Waals surface area contributed by atoms with Crippen LogP contribution in [0.2, 0.25) is 0 Å². The van der Waals surface area contributed by atoms with Crippen LogP contribution in [0.15, 0.2) is 53.5 Å². The molecule has 0 spiro atoms. The van der Waals surface area contributed by atoms with Gasteiger partial charge in [0.1, 0.15) is 0 Å². The smallest absolute Gasteiger partial charge is 0.193 e. The number of guanidine groups is 1. The lowest BCUT2D eigenvalue weighted by Gasteiger charge is -2.10. The molecule has 0 saturated heterocycles. The van der Waals surface area contributed by atoms with E-state index in [-0.39, 0.29) is 0 Å². The quantitative estimate of drug-likeness (QED) is 0.413. The number of aryl methyl sites for hydroxylation is 1. The van der Waals surface area contributed by atoms with Crippen LogP contribution in [0.5, 0.6) is 11.5 Å². The molecule has 0 bridgehead atoms. The van der Waals surface area contributed by atoms with Gasteiger partial charge in [-0.2, -0.15) is 0 Å². The fourth-order valence-corrected chi connectivity index (χ4v) is 2.56. The van der Waals surface area contributed by atoms with Gasteiger partial charge in [-0.3, -0.25) is 4.99 Å². The van der Waals surface area contributed by atoms with Crippen LogP contribution in [-0.4, -0.2) is 26.7 Å². The average Bonchev–Trinajstić information content (AvgIpc) is 2.65. The topological polar surface area (TPSA) is 68.9 Å². The van der Waals surface area contributed by atoms with Gasteiger partial charge in [0.05, 0.1) is 14.2 Å². The molecule has 0 aromatic heterocycles. The second-order valence-corrected chi connectivity index (χ2v) is 5.76. The minimum absolute atomic E-state index is 0.412. The normalized spacial score (nSPS) is 11.2. The predicted octanol–water partition coefficient (Wildman–Crippen LogP) is 3.84. The van der Waals surface area contributed by atoms with Crippen LogP contribution in [-0.2, 0) is 6.42 Å². The van der Waals surface area contributed by atoms with E-state index in [4.69, 9.17) is 15.2 Å². The number of hydrogen-bond donors (Lipinski definition) is 2. The summed E-state index contributed by atoms with van der Waals surface area (Å²) in [5.41, 5.74) is 8.15. The Morgan fingerprint density at radius 2 is 1.72 bits per heavy atom. The predicted molar refractivity (Wildman–Crippen MR) is 104 cm³/mol. The number of ether oxygens (including phenoxy) is 2. The lowest BCUT2D eigenvalue weighted by Crippen LogP contribution is -2.22. The fraction of sp³-hybridized carbons (Fsp3) is 0.350. The summed E-state index contributed by atoms with van der Waals surface area (Å²) in [7, 11) is 3.22. The number of nitrogens with zero attached hydrogens (tertiary/aromatic N) is 1. The van der Waals surface area contributed by atoms with E-state index in [1.807, 2.05) is 24.3 Å². The standard InChI is InChI=1S/C20H27N3O2/c1-24-18-13-12-17(15-19(18)25-2)23-20(21)22-14-8-4-7-11-16-9-5-3-6-10-16/h3,5-6,9-10,12-13,15H,4,7-8,11,14H2,1-2H3,(H3,21,22,23). The SMILES string of the molecule is COc1ccc(NC(N)=NCCCCCc2ccccc2)cc1OC. The van der Waals surface area contributed by atoms with E-state index in [0.717, 1.165) is 31.5 Å². The Hall–Kier alpha value is -2.69. The Morgan fingerprint density at radius 1 is 0.960 bits per heavy atom. The summed E-state index contributed by atoms with van der Waals surface area (Å²) in [6.07, 6.45) is 4.45. The molecule has 0 unspecified atom stereocenters. The van der Waals surface area contributed by atoms with Crippen LogP contribution in [0.3, 0.4) is 0 Å². The van der Waals surface area contributed by atoms with E-state index >= 15 is 0 Å². The molecule has 134 valence electrons. The van der Waals surface area contributed by atoms with Gasteiger partial charge in [0.25, 0.3) is 0 Å². The zero-order chi connectivity index (χ0) is 17.9. The Bertz CT molecular complexity index is 672. The monoisotopic (exact) mass is 341 g/mol. The summed E-state index contributed by atoms with van der Waals surface area (Å²) in [6, 6.07) is 16.1. The lowest BCUT2D eigenvalue weighted by molar-refractivity contribution is 0.355. The van der Waals surface area contributed by atoms with E-state index in [1.54, 1.807) is 14.2 Å². The van der Waals surface area contributed by atoms with Crippen molar-refractivity contribution >= 4 is 11.6 Å². The molecule has 0 aliphatic heterocycles. The first kappa shape index (κ1) is 18.6. The van der Waals surface area contributed by atoms with Crippen molar-refractivity contribution in [3.8, 4) is 11.5 Å². The molecule has 0 aliphatic carbocycles. The van der Waals surface area contributed by atoms with Gasteiger partial charge in [0, 0.05) is 18.3 Å². The summed E-state index contributed by atoms with van der Waals surface area (Å²) in [4.78, 5) is 4.37. The van der Waals surface area contributed by atoms with Crippen molar-refractivity contribution in [2.45, 2.75) is 25.7 Å². The fourth-order valence-electron chi connectivity index (χ4n) is 2.56. The first-order valence-corrected chi connectivity index (χ1v) is 8.56. The maximum Gasteiger partial charge on any atom is 0.193 e. The lowest BCUT2D eigenvalue weighted by atomic mass is 10.1. The van der Waals surface area contributed by atoms with Crippen molar-refractivity contribution < 1.29 is 9.47 Å². The number of anilines is 1. The van der Waals surface area contributed by atoms with Gasteiger partial charge in [-0.1, -0.05) is 36.8 Å². The summed E-state index contributed by atoms with van der Waals surface area (Å²) >= 11 is 0. The van der Waals surface area contributed by atoms with Crippen LogP contribution in [0.4, 0.5) is 5.69 Å². The van der Waals surface area contributed by atoms with Gasteiger partial charge in [0.15, 0.2) is 17.5 Å². The molecule has 2 aromatic rings. The maximum absolute atomic E-state index is 5.94. The van der Waals surface area contributed by atoms with E-state index in [9.17, 15) is 0 Å². The molecule has 5 nitrogen and oxygen atoms in total. The van der Waals surface area contributed by atoms with Crippen molar-refractivity contribution in [1.82, 2.24) is 0 Å². The molecule has 0 radical (unpaired) electrons. The Labute approximate surface area is 149 Å². The number of nitrogens with one attached hydrogen (secondary N) is 1. The van der Waals surface area contributed by atoms with Crippen molar-refractivity contribution in [2.75, 3.05) is 26.1 Å². The molecule has 25 heavy (non-hydrogen) atoms. The molecule has 5 heteroatoms. The molecule has 0 fully saturated rings. The van der Waals surface area contributed by atoms with Crippen LogP contribution < -0.4 is 20.5 Å². The third-order valence-corrected chi connectivity index (χ3v) is 3.90. The number of hydrogen-bond acceptors (Lipinski definition) is 3. The third kappa shape index (κ3) is 6.37. The van der Waals surface area contributed by atoms with Gasteiger partial charge in [0.2, 0.25) is 0 Å². The molecule has 2 rings (SSSR count). The van der Waals surface area contributed by atoms with E-state index in [2.05, 4.69) is 34.6 Å². The Balaban J connectivity index is 1.71. The highest BCUT2D eigenvalue weighted by Crippen LogP contribution is 2.29. The summed E-state index contributed by atoms with van der Waals surface area (Å²) < 4.78 is 10.5. The minimum atomic E-state index is 0.412. The number of benzene rings is 2. The molecule has 3 N–H and O–H groups in total. The Morgan fingerprint density at radius 3 is 2.44 bits per heavy atom. The van der Waals surface area contributed by atoms with E-state index in [0.29, 0.717) is 17.5 Å². The second-order valence-electron chi connectivity index (χ2n) is 5.76. The minimum Gasteiger partial charge on any atom is -0.493 e. The number of aliphatic imine (C=N–C) groups is 1. The van der Waals surface area contributed by atoms with Crippen LogP contribution in [0.25, 0.3) is 0 Å². The molecule has 0 amide bonds. The summed E-state index contributed by atoms with van der Waals surface area (Å²) in [6.45, 7) is 0.723. The number of nitrogens with two attached hydrogens (primary N) is 1. The molecule has 0 atom stereocenters. The second kappa shape index (κ2) is 10.2. The van der Waals surface area contributed by atoms with Crippen molar-refractivity contribution in [1.29, 1.82) is 0 Å². The van der Waals surface area contributed by atoms with E-state index < -0.39 is 0 Å². The summed E-state index contributed by atoms with van der Waals surface area (Å²) in [5.74, 6) is 1.75. The highest BCUT2D eigenvalue weighted by atomic mass is 16.5. The average molecular weight is 341 g/mol. The summed E-state index contributed by atoms with van der Waals surface area (Å²) in [5, 5.41) is 3.08. The highest BCUT2D eigenvalue weighted by Gasteiger charge is 2.04. The number of methoxy groups -OCH3 is 2. The number of unbranched alkanes of at least 4 members (excludes halogenated alkanes) is 2. The van der Waals surface area contributed by atoms with Crippen LogP contribution >= 0.6 is 0 Å². The first-order valence-electron chi connectivity index (χ1n) is 8.56. The molecular formula is C20H27N3O2. The maximum atomic E-state index is 5.94. The van der Waals surface area contributed by atoms with Gasteiger partial charge >= 0.3 is 0 Å². The molecule has 2 aromatic carbocycles. The van der Waals surface area contributed by atoms with Gasteiger partial charge in [-0.25, -0.2) is 0 Å². The van der Waals surface area contributed by atoms with Crippen molar-refractivity contribution in [2.24, 2.45) is 10.7 Å². The molecule has 0 heterocycles. The molecular weight excluding hydrogens is 314 g/mol. The van der Waals surface area contributed by atoms with Gasteiger partial charge in [-0.15, -0.1) is 0 Å². The first-order chi connectivity index (χ1) is 12.2. The molecule has 0 aliphatic rings. The largest absolute Gasteiger partial charge is 0.493 e. The zero-order valence-corrected chi connectivity index (χ0v) is 15.0. The number of rotatable bonds is 9. The van der Waals surface area contributed by atoms with E-state index in [1.165, 1.54) is 12.0 Å². The van der Waals surface area contributed by atoms with Crippen molar-refractivity contribution in [3.05, 3.63) is 54.1 Å². The zero-order valence-electron chi connectivity index (χ0n) is 15.0. The molecule has 0 saturated carbocycles. The van der Waals surface area contributed by atoms with Gasteiger partial charge < -0.3 is 20.5 Å².